The fourth-order valence-corrected chi connectivity index (χ4v) is 7.50. The van der Waals surface area contributed by atoms with E-state index in [2.05, 4.69) is 106 Å². The predicted octanol–water partition coefficient (Wildman–Crippen LogP) is 18.4. The molecule has 0 N–H and O–H groups in total. The molecule has 0 aliphatic heterocycles. The van der Waals surface area contributed by atoms with Crippen LogP contribution in [0.15, 0.2) is 85.1 Å². The number of rotatable bonds is 49. The van der Waals surface area contributed by atoms with E-state index in [-0.39, 0.29) is 31.1 Å². The third-order valence-electron chi connectivity index (χ3n) is 11.6. The maximum Gasteiger partial charge on any atom is 0.306 e. The summed E-state index contributed by atoms with van der Waals surface area (Å²) in [5, 5.41) is 0. The van der Waals surface area contributed by atoms with Crippen molar-refractivity contribution in [3.63, 3.8) is 0 Å². The lowest BCUT2D eigenvalue weighted by molar-refractivity contribution is -0.167. The van der Waals surface area contributed by atoms with Gasteiger partial charge in [-0.15, -0.1) is 0 Å². The van der Waals surface area contributed by atoms with Gasteiger partial charge in [-0.05, 0) is 96.3 Å². The maximum absolute atomic E-state index is 12.8. The molecular formula is C60H102O6. The van der Waals surface area contributed by atoms with Crippen molar-refractivity contribution in [3.05, 3.63) is 85.1 Å². The van der Waals surface area contributed by atoms with Crippen molar-refractivity contribution >= 4 is 17.9 Å². The number of unbranched alkanes of at least 4 members (excludes halogenated alkanes) is 24. The highest BCUT2D eigenvalue weighted by Gasteiger charge is 2.19. The van der Waals surface area contributed by atoms with Crippen molar-refractivity contribution in [2.45, 2.75) is 264 Å². The molecule has 0 aliphatic carbocycles. The Morgan fingerprint density at radius 1 is 0.318 bits per heavy atom. The van der Waals surface area contributed by atoms with Gasteiger partial charge in [-0.1, -0.05) is 228 Å². The van der Waals surface area contributed by atoms with Crippen molar-refractivity contribution in [2.24, 2.45) is 0 Å². The Morgan fingerprint density at radius 3 is 0.955 bits per heavy atom. The summed E-state index contributed by atoms with van der Waals surface area (Å²) in [6.45, 7) is 6.48. The van der Waals surface area contributed by atoms with Crippen LogP contribution in [0.1, 0.15) is 258 Å². The lowest BCUT2D eigenvalue weighted by Gasteiger charge is -2.18. The van der Waals surface area contributed by atoms with Crippen LogP contribution in [0.25, 0.3) is 0 Å². The Morgan fingerprint density at radius 2 is 0.591 bits per heavy atom. The van der Waals surface area contributed by atoms with E-state index in [0.717, 1.165) is 122 Å². The topological polar surface area (TPSA) is 78.9 Å². The van der Waals surface area contributed by atoms with E-state index in [9.17, 15) is 14.4 Å². The molecule has 6 heteroatoms. The molecule has 0 spiro atoms. The Labute approximate surface area is 407 Å². The minimum atomic E-state index is -0.784. The average Bonchev–Trinajstić information content (AvgIpc) is 3.31. The number of allylic oxidation sites excluding steroid dienone is 14. The third-order valence-corrected chi connectivity index (χ3v) is 11.6. The van der Waals surface area contributed by atoms with Crippen LogP contribution in [0.3, 0.4) is 0 Å². The van der Waals surface area contributed by atoms with Crippen molar-refractivity contribution in [1.82, 2.24) is 0 Å². The highest BCUT2D eigenvalue weighted by atomic mass is 16.6. The van der Waals surface area contributed by atoms with Gasteiger partial charge < -0.3 is 14.2 Å². The molecule has 0 aromatic rings. The average molecular weight is 919 g/mol. The summed E-state index contributed by atoms with van der Waals surface area (Å²) in [7, 11) is 0. The largest absolute Gasteiger partial charge is 0.462 e. The summed E-state index contributed by atoms with van der Waals surface area (Å²) in [5.41, 5.74) is 0. The van der Waals surface area contributed by atoms with Gasteiger partial charge in [-0.3, -0.25) is 14.4 Å². The zero-order valence-electron chi connectivity index (χ0n) is 43.2. The highest BCUT2D eigenvalue weighted by Crippen LogP contribution is 2.14. The van der Waals surface area contributed by atoms with E-state index in [1.165, 1.54) is 96.3 Å². The summed E-state index contributed by atoms with van der Waals surface area (Å²) in [6, 6.07) is 0. The van der Waals surface area contributed by atoms with Crippen molar-refractivity contribution in [2.75, 3.05) is 13.2 Å². The molecule has 0 bridgehead atoms. The molecule has 0 aliphatic rings. The van der Waals surface area contributed by atoms with E-state index >= 15 is 0 Å². The summed E-state index contributed by atoms with van der Waals surface area (Å²) in [5.74, 6) is -0.907. The maximum atomic E-state index is 12.8. The van der Waals surface area contributed by atoms with Crippen LogP contribution in [0.5, 0.6) is 0 Å². The molecule has 0 aromatic heterocycles. The highest BCUT2D eigenvalue weighted by molar-refractivity contribution is 5.71. The van der Waals surface area contributed by atoms with Crippen molar-refractivity contribution in [1.29, 1.82) is 0 Å². The van der Waals surface area contributed by atoms with Crippen LogP contribution >= 0.6 is 0 Å². The molecule has 0 saturated carbocycles. The number of hydrogen-bond donors (Lipinski definition) is 0. The zero-order chi connectivity index (χ0) is 47.9. The summed E-state index contributed by atoms with van der Waals surface area (Å²) >= 11 is 0. The van der Waals surface area contributed by atoms with Gasteiger partial charge in [0.2, 0.25) is 0 Å². The minimum Gasteiger partial charge on any atom is -0.462 e. The first-order valence-electron chi connectivity index (χ1n) is 27.6. The van der Waals surface area contributed by atoms with Gasteiger partial charge in [-0.2, -0.15) is 0 Å². The van der Waals surface area contributed by atoms with E-state index in [1.54, 1.807) is 0 Å². The Kier molecular flexibility index (Phi) is 51.4. The van der Waals surface area contributed by atoms with Crippen LogP contribution in [0.4, 0.5) is 0 Å². The molecule has 0 fully saturated rings. The standard InChI is InChI=1S/C60H102O6/c1-4-7-10-13-16-19-22-24-25-26-27-28-29-30-31-32-33-34-35-37-38-41-44-47-50-53-59(62)65-56-57(55-64-58(61)52-49-46-43-40-21-18-15-12-9-6-3)66-60(63)54-51-48-45-42-39-36-23-20-17-14-11-8-5-2/h7,10,16,19-20,23-25,27-28,30-31,33-34,57H,4-6,8-9,11-15,17-18,21-22,26,29,32,35-56H2,1-3H3/b10-7-,19-16-,23-20-,25-24-,28-27-,31-30-,34-33-. The monoisotopic (exact) mass is 919 g/mol. The van der Waals surface area contributed by atoms with Gasteiger partial charge in [0.1, 0.15) is 13.2 Å². The van der Waals surface area contributed by atoms with Gasteiger partial charge >= 0.3 is 17.9 Å². The summed E-state index contributed by atoms with van der Waals surface area (Å²) < 4.78 is 16.8. The Bertz CT molecular complexity index is 1290. The number of carbonyl (C=O) groups is 3. The van der Waals surface area contributed by atoms with E-state index in [0.29, 0.717) is 19.3 Å². The molecule has 0 aromatic carbocycles. The predicted molar refractivity (Wildman–Crippen MR) is 284 cm³/mol. The Balaban J connectivity index is 4.30. The number of hydrogen-bond acceptors (Lipinski definition) is 6. The van der Waals surface area contributed by atoms with Crippen molar-refractivity contribution in [3.8, 4) is 0 Å². The molecule has 66 heavy (non-hydrogen) atoms. The zero-order valence-corrected chi connectivity index (χ0v) is 43.2. The molecule has 378 valence electrons. The fourth-order valence-electron chi connectivity index (χ4n) is 7.50. The SMILES string of the molecule is CC/C=C\C/C=C\C/C=C\C/C=C\C/C=C\C/C=C\CCCCCCCCC(=O)OCC(COC(=O)CCCCCCCCCCCC)OC(=O)CCCCCCC/C=C\CCCCCC. The normalized spacial score (nSPS) is 12.7. The van der Waals surface area contributed by atoms with Crippen molar-refractivity contribution < 1.29 is 28.6 Å². The number of carbonyl (C=O) groups excluding carboxylic acids is 3. The van der Waals surface area contributed by atoms with Gasteiger partial charge in [0, 0.05) is 19.3 Å². The van der Waals surface area contributed by atoms with Gasteiger partial charge in [0.15, 0.2) is 6.10 Å². The number of ether oxygens (including phenoxy) is 3. The first-order valence-corrected chi connectivity index (χ1v) is 27.6. The van der Waals surface area contributed by atoms with Gasteiger partial charge in [0.05, 0.1) is 0 Å². The first-order chi connectivity index (χ1) is 32.5. The van der Waals surface area contributed by atoms with Crippen LogP contribution in [-0.2, 0) is 28.6 Å². The molecule has 0 amide bonds. The molecule has 1 unspecified atom stereocenters. The lowest BCUT2D eigenvalue weighted by atomic mass is 10.1. The third kappa shape index (κ3) is 51.6. The van der Waals surface area contributed by atoms with Gasteiger partial charge in [0.25, 0.3) is 0 Å². The molecular weight excluding hydrogens is 817 g/mol. The van der Waals surface area contributed by atoms with E-state index in [4.69, 9.17) is 14.2 Å². The Hall–Kier alpha value is -3.41. The molecule has 0 radical (unpaired) electrons. The number of esters is 3. The second-order valence-corrected chi connectivity index (χ2v) is 18.1. The smallest absolute Gasteiger partial charge is 0.306 e. The summed E-state index contributed by atoms with van der Waals surface area (Å²) in [4.78, 5) is 38.0. The van der Waals surface area contributed by atoms with Crippen LogP contribution in [0.2, 0.25) is 0 Å². The molecule has 0 rings (SSSR count). The molecule has 0 saturated heterocycles. The second kappa shape index (κ2) is 54.2. The molecule has 6 nitrogen and oxygen atoms in total. The lowest BCUT2D eigenvalue weighted by Crippen LogP contribution is -2.30. The fraction of sp³-hybridized carbons (Fsp3) is 0.717. The molecule has 1 atom stereocenters. The van der Waals surface area contributed by atoms with Crippen LogP contribution < -0.4 is 0 Å². The van der Waals surface area contributed by atoms with Gasteiger partial charge in [-0.25, -0.2) is 0 Å². The second-order valence-electron chi connectivity index (χ2n) is 18.1. The van der Waals surface area contributed by atoms with E-state index in [1.807, 2.05) is 0 Å². The quantitative estimate of drug-likeness (QED) is 0.0262. The minimum absolute atomic E-state index is 0.0830. The van der Waals surface area contributed by atoms with Crippen LogP contribution in [-0.4, -0.2) is 37.2 Å². The van der Waals surface area contributed by atoms with E-state index < -0.39 is 6.10 Å². The van der Waals surface area contributed by atoms with Crippen LogP contribution in [0, 0.1) is 0 Å². The first kappa shape index (κ1) is 62.6. The molecule has 0 heterocycles. The summed E-state index contributed by atoms with van der Waals surface area (Å²) in [6.07, 6.45) is 70.0.